The third kappa shape index (κ3) is 9.43. The summed E-state index contributed by atoms with van der Waals surface area (Å²) in [4.78, 5) is 0. The van der Waals surface area contributed by atoms with Crippen LogP contribution in [0.3, 0.4) is 0 Å². The minimum absolute atomic E-state index is 0.0999. The molecule has 0 spiro atoms. The molecule has 3 aromatic carbocycles. The van der Waals surface area contributed by atoms with Crippen molar-refractivity contribution in [3.8, 4) is 11.5 Å². The highest BCUT2D eigenvalue weighted by molar-refractivity contribution is 7.49. The summed E-state index contributed by atoms with van der Waals surface area (Å²) in [5.74, 6) is 0.913. The number of phosphoric acid groups is 1. The smallest absolute Gasteiger partial charge is 0.426 e. The normalized spacial score (nSPS) is 27.0. The number of halogens is 2. The van der Waals surface area contributed by atoms with E-state index in [0.717, 1.165) is 66.4 Å². The molecule has 7 nitrogen and oxygen atoms in total. The topological polar surface area (TPSA) is 72.5 Å². The molecule has 11 heteroatoms. The van der Waals surface area contributed by atoms with E-state index in [1.54, 1.807) is 6.07 Å². The molecular formula is C39H46Cl2O7P2. The molecule has 6 rings (SSSR count). The Morgan fingerprint density at radius 3 is 2.36 bits per heavy atom. The van der Waals surface area contributed by atoms with Gasteiger partial charge in [0.2, 0.25) is 0 Å². The number of rotatable bonds is 12. The Kier molecular flexibility index (Phi) is 12.8. The fourth-order valence-electron chi connectivity index (χ4n) is 6.86. The maximum Gasteiger partial charge on any atom is 0.530 e. The molecule has 0 amide bonds. The number of allylic oxidation sites excluding steroid dienone is 3. The van der Waals surface area contributed by atoms with Gasteiger partial charge in [-0.1, -0.05) is 91.0 Å². The average Bonchev–Trinajstić information content (AvgIpc) is 3.08. The van der Waals surface area contributed by atoms with Crippen LogP contribution >= 0.6 is 39.6 Å². The second kappa shape index (κ2) is 17.1. The molecule has 268 valence electrons. The SMILES string of the molecule is C=C(C)C1CCC(C)=CC1c1c(OP2OCCC(c3cccc(Cl)c3)O2)cc(CCCCC)cc1OP1(=O)OCCC(c2cccc(Cl)c2)O1. The Bertz CT molecular complexity index is 1750. The number of hydrogen-bond acceptors (Lipinski definition) is 7. The molecule has 50 heavy (non-hydrogen) atoms. The highest BCUT2D eigenvalue weighted by Crippen LogP contribution is 2.60. The number of aryl methyl sites for hydroxylation is 1. The molecule has 2 saturated heterocycles. The third-order valence-electron chi connectivity index (χ3n) is 9.45. The summed E-state index contributed by atoms with van der Waals surface area (Å²) in [6.07, 6.45) is 8.50. The lowest BCUT2D eigenvalue weighted by molar-refractivity contribution is 0.0507. The molecule has 0 saturated carbocycles. The van der Waals surface area contributed by atoms with Crippen molar-refractivity contribution in [1.29, 1.82) is 0 Å². The zero-order valence-corrected chi connectivity index (χ0v) is 32.2. The van der Waals surface area contributed by atoms with Crippen LogP contribution in [0.25, 0.3) is 0 Å². The highest BCUT2D eigenvalue weighted by Gasteiger charge is 2.41. The number of benzene rings is 3. The lowest BCUT2D eigenvalue weighted by Crippen LogP contribution is -2.20. The van der Waals surface area contributed by atoms with Crippen LogP contribution in [-0.2, 0) is 29.1 Å². The molecule has 0 N–H and O–H groups in total. The zero-order valence-electron chi connectivity index (χ0n) is 28.9. The van der Waals surface area contributed by atoms with Crippen molar-refractivity contribution in [1.82, 2.24) is 0 Å². The van der Waals surface area contributed by atoms with Gasteiger partial charge < -0.3 is 13.6 Å². The molecule has 2 heterocycles. The molecule has 2 aliphatic heterocycles. The molecule has 6 unspecified atom stereocenters. The fourth-order valence-corrected chi connectivity index (χ4v) is 9.83. The molecule has 2 fully saturated rings. The van der Waals surface area contributed by atoms with Crippen molar-refractivity contribution in [2.75, 3.05) is 13.2 Å². The van der Waals surface area contributed by atoms with Crippen molar-refractivity contribution >= 4 is 39.6 Å². The molecule has 0 aromatic heterocycles. The van der Waals surface area contributed by atoms with Gasteiger partial charge in [0.1, 0.15) is 11.5 Å². The molecular weight excluding hydrogens is 713 g/mol. The van der Waals surface area contributed by atoms with E-state index in [4.69, 9.17) is 50.3 Å². The second-order valence-corrected chi connectivity index (χ2v) is 16.9. The molecule has 6 atom stereocenters. The van der Waals surface area contributed by atoms with Crippen LogP contribution in [0, 0.1) is 5.92 Å². The number of phosphoric ester groups is 1. The van der Waals surface area contributed by atoms with E-state index in [9.17, 15) is 4.57 Å². The maximum absolute atomic E-state index is 14.5. The summed E-state index contributed by atoms with van der Waals surface area (Å²) in [7, 11) is -5.89. The first-order valence-electron chi connectivity index (χ1n) is 17.5. The molecule has 3 aliphatic rings. The monoisotopic (exact) mass is 758 g/mol. The van der Waals surface area contributed by atoms with Gasteiger partial charge in [0.05, 0.1) is 25.4 Å². The molecule has 1 aliphatic carbocycles. The van der Waals surface area contributed by atoms with Gasteiger partial charge in [0, 0.05) is 34.4 Å². The first-order valence-corrected chi connectivity index (χ1v) is 20.8. The second-order valence-electron chi connectivity index (χ2n) is 13.4. The zero-order chi connectivity index (χ0) is 35.3. The Morgan fingerprint density at radius 2 is 1.66 bits per heavy atom. The lowest BCUT2D eigenvalue weighted by Gasteiger charge is -2.35. The van der Waals surface area contributed by atoms with E-state index in [-0.39, 0.29) is 24.5 Å². The van der Waals surface area contributed by atoms with Gasteiger partial charge >= 0.3 is 16.4 Å². The van der Waals surface area contributed by atoms with E-state index >= 15 is 0 Å². The predicted molar refractivity (Wildman–Crippen MR) is 201 cm³/mol. The van der Waals surface area contributed by atoms with Gasteiger partial charge in [-0.05, 0) is 98.5 Å². The predicted octanol–water partition coefficient (Wildman–Crippen LogP) is 13.2. The van der Waals surface area contributed by atoms with Gasteiger partial charge in [0.25, 0.3) is 0 Å². The average molecular weight is 760 g/mol. The summed E-state index contributed by atoms with van der Waals surface area (Å²) in [5.41, 5.74) is 5.84. The molecule has 0 bridgehead atoms. The summed E-state index contributed by atoms with van der Waals surface area (Å²) < 4.78 is 52.3. The van der Waals surface area contributed by atoms with Gasteiger partial charge in [-0.25, -0.2) is 4.57 Å². The van der Waals surface area contributed by atoms with Crippen molar-refractivity contribution in [2.24, 2.45) is 5.92 Å². The van der Waals surface area contributed by atoms with E-state index in [1.165, 1.54) is 5.57 Å². The first kappa shape index (κ1) is 37.6. The van der Waals surface area contributed by atoms with Crippen molar-refractivity contribution in [3.05, 3.63) is 117 Å². The summed E-state index contributed by atoms with van der Waals surface area (Å²) in [6.45, 7) is 11.4. The van der Waals surface area contributed by atoms with Crippen LogP contribution in [0.4, 0.5) is 0 Å². The minimum Gasteiger partial charge on any atom is -0.426 e. The van der Waals surface area contributed by atoms with Gasteiger partial charge in [-0.3, -0.25) is 13.6 Å². The van der Waals surface area contributed by atoms with Crippen molar-refractivity contribution in [3.63, 3.8) is 0 Å². The standard InChI is InChI=1S/C39H46Cl2O7P2/c1-5-6-7-10-28-22-37(46-49-43-19-17-35(45-49)29-11-8-13-31(40)24-29)39(34-21-27(4)15-16-33(34)26(2)3)38(23-28)48-50(42)44-20-18-36(47-50)30-12-9-14-32(41)25-30/h8-9,11-14,21-25,33-36H,2,5-7,10,15-20H2,1,3-4H3. The summed E-state index contributed by atoms with van der Waals surface area (Å²) in [6, 6.07) is 19.1. The Labute approximate surface area is 307 Å². The van der Waals surface area contributed by atoms with Crippen LogP contribution in [0.1, 0.15) is 106 Å². The minimum atomic E-state index is -4.09. The first-order chi connectivity index (χ1) is 24.1. The van der Waals surface area contributed by atoms with E-state index < -0.39 is 22.5 Å². The number of hydrogen-bond donors (Lipinski definition) is 0. The quantitative estimate of drug-likeness (QED) is 0.103. The van der Waals surface area contributed by atoms with Crippen LogP contribution in [0.2, 0.25) is 10.0 Å². The van der Waals surface area contributed by atoms with E-state index in [0.29, 0.717) is 41.0 Å². The summed E-state index contributed by atoms with van der Waals surface area (Å²) in [5, 5.41) is 1.23. The van der Waals surface area contributed by atoms with Gasteiger partial charge in [-0.15, -0.1) is 0 Å². The summed E-state index contributed by atoms with van der Waals surface area (Å²) >= 11 is 12.6. The Hall–Kier alpha value is -2.18. The van der Waals surface area contributed by atoms with Crippen molar-refractivity contribution < 1.29 is 31.7 Å². The highest BCUT2D eigenvalue weighted by atomic mass is 35.5. The van der Waals surface area contributed by atoms with Crippen molar-refractivity contribution in [2.45, 2.75) is 90.3 Å². The van der Waals surface area contributed by atoms with Crippen LogP contribution in [0.15, 0.2) is 84.5 Å². The van der Waals surface area contributed by atoms with Gasteiger partial charge in [0.15, 0.2) is 0 Å². The van der Waals surface area contributed by atoms with Crippen LogP contribution < -0.4 is 9.05 Å². The molecule has 3 aromatic rings. The largest absolute Gasteiger partial charge is 0.530 e. The Balaban J connectivity index is 1.41. The van der Waals surface area contributed by atoms with Crippen LogP contribution in [0.5, 0.6) is 11.5 Å². The Morgan fingerprint density at radius 1 is 0.960 bits per heavy atom. The third-order valence-corrected chi connectivity index (χ3v) is 12.5. The van der Waals surface area contributed by atoms with Crippen LogP contribution in [-0.4, -0.2) is 13.2 Å². The fraction of sp³-hybridized carbons (Fsp3) is 0.436. The van der Waals surface area contributed by atoms with Gasteiger partial charge in [-0.2, -0.15) is 0 Å². The molecule has 0 radical (unpaired) electrons. The maximum atomic E-state index is 14.5. The van der Waals surface area contributed by atoms with E-state index in [1.807, 2.05) is 48.5 Å². The number of unbranched alkanes of at least 4 members (excludes halogenated alkanes) is 2. The van der Waals surface area contributed by atoms with E-state index in [2.05, 4.69) is 39.5 Å². The lowest BCUT2D eigenvalue weighted by atomic mass is 9.73.